The number of amides is 1. The van der Waals surface area contributed by atoms with Gasteiger partial charge in [0.1, 0.15) is 11.2 Å². The third-order valence-corrected chi connectivity index (χ3v) is 3.45. The number of hydrogen-bond donors (Lipinski definition) is 1. The van der Waals surface area contributed by atoms with Gasteiger partial charge in [0, 0.05) is 24.2 Å². The molecule has 0 aliphatic carbocycles. The van der Waals surface area contributed by atoms with Gasteiger partial charge in [-0.25, -0.2) is 0 Å². The minimum Gasteiger partial charge on any atom is -0.364 e. The summed E-state index contributed by atoms with van der Waals surface area (Å²) in [6, 6.07) is 12.9. The van der Waals surface area contributed by atoms with Crippen LogP contribution < -0.4 is 11.3 Å². The molecule has 0 aliphatic rings. The highest BCUT2D eigenvalue weighted by Crippen LogP contribution is 2.29. The number of carbonyl (C=O) groups excluding carboxylic acids is 1. The second-order valence-corrected chi connectivity index (χ2v) is 4.72. The minimum absolute atomic E-state index is 0.187. The summed E-state index contributed by atoms with van der Waals surface area (Å²) in [7, 11) is 1.53. The lowest BCUT2D eigenvalue weighted by atomic mass is 9.98. The molecule has 0 saturated heterocycles. The molecule has 0 fully saturated rings. The first-order chi connectivity index (χ1) is 10.1. The van der Waals surface area contributed by atoms with E-state index in [0.29, 0.717) is 16.5 Å². The van der Waals surface area contributed by atoms with Crippen molar-refractivity contribution >= 4 is 16.8 Å². The maximum Gasteiger partial charge on any atom is 0.277 e. The summed E-state index contributed by atoms with van der Waals surface area (Å²) in [6.07, 6.45) is 1.56. The van der Waals surface area contributed by atoms with E-state index < -0.39 is 5.91 Å². The SMILES string of the molecule is Cn1c(C(N)=O)c(-c2ccccc2)c2cccnc2c1=O. The van der Waals surface area contributed by atoms with E-state index in [2.05, 4.69) is 4.98 Å². The molecule has 2 N–H and O–H groups in total. The Balaban J connectivity index is 2.57. The van der Waals surface area contributed by atoms with Crippen LogP contribution in [-0.2, 0) is 7.05 Å². The summed E-state index contributed by atoms with van der Waals surface area (Å²) in [5.74, 6) is -0.640. The fourth-order valence-corrected chi connectivity index (χ4v) is 2.52. The fourth-order valence-electron chi connectivity index (χ4n) is 2.52. The van der Waals surface area contributed by atoms with Gasteiger partial charge in [0.25, 0.3) is 11.5 Å². The maximum absolute atomic E-state index is 12.3. The predicted molar refractivity (Wildman–Crippen MR) is 80.9 cm³/mol. The lowest BCUT2D eigenvalue weighted by Gasteiger charge is -2.14. The summed E-state index contributed by atoms with van der Waals surface area (Å²) >= 11 is 0. The molecule has 0 spiro atoms. The van der Waals surface area contributed by atoms with Gasteiger partial charge in [-0.05, 0) is 11.6 Å². The normalized spacial score (nSPS) is 10.7. The number of nitrogens with two attached hydrogens (primary N) is 1. The van der Waals surface area contributed by atoms with Crippen molar-refractivity contribution in [3.8, 4) is 11.1 Å². The molecular weight excluding hydrogens is 266 g/mol. The third-order valence-electron chi connectivity index (χ3n) is 3.45. The number of benzene rings is 1. The zero-order chi connectivity index (χ0) is 15.0. The number of aromatic nitrogens is 2. The molecule has 0 saturated carbocycles. The lowest BCUT2D eigenvalue weighted by Crippen LogP contribution is -2.28. The Morgan fingerprint density at radius 2 is 1.86 bits per heavy atom. The minimum atomic E-state index is -0.640. The van der Waals surface area contributed by atoms with Gasteiger partial charge < -0.3 is 10.3 Å². The van der Waals surface area contributed by atoms with Crippen molar-refractivity contribution in [3.63, 3.8) is 0 Å². The molecule has 3 rings (SSSR count). The Morgan fingerprint density at radius 1 is 1.14 bits per heavy atom. The van der Waals surface area contributed by atoms with Crippen molar-refractivity contribution in [2.45, 2.75) is 0 Å². The van der Waals surface area contributed by atoms with Crippen LogP contribution in [0.3, 0.4) is 0 Å². The number of rotatable bonds is 2. The highest BCUT2D eigenvalue weighted by Gasteiger charge is 2.20. The van der Waals surface area contributed by atoms with Gasteiger partial charge >= 0.3 is 0 Å². The molecule has 0 radical (unpaired) electrons. The first-order valence-electron chi connectivity index (χ1n) is 6.44. The van der Waals surface area contributed by atoms with Crippen LogP contribution in [0.4, 0.5) is 0 Å². The molecule has 2 heterocycles. The van der Waals surface area contributed by atoms with Crippen molar-refractivity contribution in [2.24, 2.45) is 12.8 Å². The smallest absolute Gasteiger partial charge is 0.277 e. The molecule has 5 nitrogen and oxygen atoms in total. The molecule has 0 bridgehead atoms. The van der Waals surface area contributed by atoms with Crippen LogP contribution in [0.25, 0.3) is 22.0 Å². The number of nitrogens with zero attached hydrogens (tertiary/aromatic N) is 2. The third kappa shape index (κ3) is 1.99. The van der Waals surface area contributed by atoms with E-state index in [1.54, 1.807) is 18.3 Å². The van der Waals surface area contributed by atoms with Gasteiger partial charge in [0.05, 0.1) is 0 Å². The van der Waals surface area contributed by atoms with E-state index >= 15 is 0 Å². The van der Waals surface area contributed by atoms with Gasteiger partial charge in [-0.2, -0.15) is 0 Å². The number of carbonyl (C=O) groups is 1. The predicted octanol–water partition coefficient (Wildman–Crippen LogP) is 1.70. The fraction of sp³-hybridized carbons (Fsp3) is 0.0625. The molecule has 0 atom stereocenters. The Kier molecular flexibility index (Phi) is 3.02. The van der Waals surface area contributed by atoms with Gasteiger partial charge in [0.2, 0.25) is 0 Å². The second kappa shape index (κ2) is 4.86. The van der Waals surface area contributed by atoms with E-state index in [4.69, 9.17) is 5.73 Å². The number of fused-ring (bicyclic) bond motifs is 1. The molecule has 21 heavy (non-hydrogen) atoms. The molecule has 0 unspecified atom stereocenters. The summed E-state index contributed by atoms with van der Waals surface area (Å²) in [6.45, 7) is 0. The Labute approximate surface area is 120 Å². The highest BCUT2D eigenvalue weighted by molar-refractivity contribution is 6.07. The van der Waals surface area contributed by atoms with E-state index in [9.17, 15) is 9.59 Å². The van der Waals surface area contributed by atoms with Crippen LogP contribution in [0.1, 0.15) is 10.5 Å². The van der Waals surface area contributed by atoms with E-state index in [-0.39, 0.29) is 11.3 Å². The van der Waals surface area contributed by atoms with Gasteiger partial charge in [-0.1, -0.05) is 36.4 Å². The Morgan fingerprint density at radius 3 is 2.52 bits per heavy atom. The average Bonchev–Trinajstić information content (AvgIpc) is 2.51. The average molecular weight is 279 g/mol. The van der Waals surface area contributed by atoms with Crippen LogP contribution in [-0.4, -0.2) is 15.5 Å². The van der Waals surface area contributed by atoms with Gasteiger partial charge in [-0.3, -0.25) is 14.6 Å². The lowest BCUT2D eigenvalue weighted by molar-refractivity contribution is 0.0992. The van der Waals surface area contributed by atoms with Crippen molar-refractivity contribution in [1.29, 1.82) is 0 Å². The molecule has 1 aromatic carbocycles. The summed E-state index contributed by atoms with van der Waals surface area (Å²) in [5.41, 5.74) is 7.12. The zero-order valence-corrected chi connectivity index (χ0v) is 11.4. The number of hydrogen-bond acceptors (Lipinski definition) is 3. The van der Waals surface area contributed by atoms with Crippen LogP contribution in [0.15, 0.2) is 53.5 Å². The van der Waals surface area contributed by atoms with Crippen LogP contribution in [0.2, 0.25) is 0 Å². The first-order valence-corrected chi connectivity index (χ1v) is 6.44. The molecular formula is C16H13N3O2. The standard InChI is InChI=1S/C16H13N3O2/c1-19-14(15(17)20)12(10-6-3-2-4-7-10)11-8-5-9-18-13(11)16(19)21/h2-9H,1H3,(H2,17,20). The van der Waals surface area contributed by atoms with Gasteiger partial charge in [0.15, 0.2) is 0 Å². The van der Waals surface area contributed by atoms with Crippen molar-refractivity contribution < 1.29 is 4.79 Å². The van der Waals surface area contributed by atoms with E-state index in [1.165, 1.54) is 11.6 Å². The largest absolute Gasteiger partial charge is 0.364 e. The number of primary amides is 1. The van der Waals surface area contributed by atoms with Gasteiger partial charge in [-0.15, -0.1) is 0 Å². The van der Waals surface area contributed by atoms with Crippen LogP contribution in [0.5, 0.6) is 0 Å². The first kappa shape index (κ1) is 13.1. The second-order valence-electron chi connectivity index (χ2n) is 4.72. The Hall–Kier alpha value is -2.95. The molecule has 5 heteroatoms. The maximum atomic E-state index is 12.3. The van der Waals surface area contributed by atoms with Crippen molar-refractivity contribution in [2.75, 3.05) is 0 Å². The summed E-state index contributed by atoms with van der Waals surface area (Å²) in [5, 5.41) is 0.626. The van der Waals surface area contributed by atoms with Crippen LogP contribution in [0, 0.1) is 0 Å². The Bertz CT molecular complexity index is 899. The van der Waals surface area contributed by atoms with Crippen LogP contribution >= 0.6 is 0 Å². The zero-order valence-electron chi connectivity index (χ0n) is 11.4. The molecule has 3 aromatic rings. The molecule has 2 aromatic heterocycles. The summed E-state index contributed by atoms with van der Waals surface area (Å²) < 4.78 is 1.26. The number of pyridine rings is 2. The monoisotopic (exact) mass is 279 g/mol. The van der Waals surface area contributed by atoms with Crippen molar-refractivity contribution in [1.82, 2.24) is 9.55 Å². The summed E-state index contributed by atoms with van der Waals surface area (Å²) in [4.78, 5) is 28.3. The molecule has 1 amide bonds. The highest BCUT2D eigenvalue weighted by atomic mass is 16.2. The van der Waals surface area contributed by atoms with Crippen molar-refractivity contribution in [3.05, 3.63) is 64.7 Å². The van der Waals surface area contributed by atoms with E-state index in [1.807, 2.05) is 30.3 Å². The molecule has 104 valence electrons. The van der Waals surface area contributed by atoms with E-state index in [0.717, 1.165) is 5.56 Å². The molecule has 0 aliphatic heterocycles. The quantitative estimate of drug-likeness (QED) is 0.775. The topological polar surface area (TPSA) is 78.0 Å².